The zero-order valence-corrected chi connectivity index (χ0v) is 12.8. The zero-order valence-electron chi connectivity index (χ0n) is 12.0. The Kier molecular flexibility index (Phi) is 4.32. The third-order valence-electron chi connectivity index (χ3n) is 2.90. The SMILES string of the molecule is COc1ccc(OC)c(S(=O)(=O)Nc2ncccc2C)c1. The van der Waals surface area contributed by atoms with Crippen molar-refractivity contribution in [3.8, 4) is 11.5 Å². The van der Waals surface area contributed by atoms with Gasteiger partial charge in [0.1, 0.15) is 22.2 Å². The second-order valence-corrected chi connectivity index (χ2v) is 5.94. The van der Waals surface area contributed by atoms with Crippen molar-refractivity contribution in [1.82, 2.24) is 4.98 Å². The second-order valence-electron chi connectivity index (χ2n) is 4.29. The summed E-state index contributed by atoms with van der Waals surface area (Å²) in [7, 11) is -0.952. The lowest BCUT2D eigenvalue weighted by Gasteiger charge is -2.13. The number of hydrogen-bond acceptors (Lipinski definition) is 5. The Hall–Kier alpha value is -2.28. The maximum Gasteiger partial charge on any atom is 0.266 e. The Morgan fingerprint density at radius 3 is 2.52 bits per heavy atom. The van der Waals surface area contributed by atoms with E-state index in [0.717, 1.165) is 5.56 Å². The number of aryl methyl sites for hydroxylation is 1. The molecule has 0 fully saturated rings. The van der Waals surface area contributed by atoms with E-state index >= 15 is 0 Å². The van der Waals surface area contributed by atoms with Crippen LogP contribution in [0.25, 0.3) is 0 Å². The molecule has 2 aromatic rings. The van der Waals surface area contributed by atoms with Gasteiger partial charge >= 0.3 is 0 Å². The zero-order chi connectivity index (χ0) is 15.5. The van der Waals surface area contributed by atoms with Crippen molar-refractivity contribution in [3.63, 3.8) is 0 Å². The van der Waals surface area contributed by atoms with Crippen LogP contribution >= 0.6 is 0 Å². The van der Waals surface area contributed by atoms with Gasteiger partial charge in [0.25, 0.3) is 10.0 Å². The van der Waals surface area contributed by atoms with Gasteiger partial charge < -0.3 is 9.47 Å². The summed E-state index contributed by atoms with van der Waals surface area (Å²) >= 11 is 0. The first-order valence-corrected chi connectivity index (χ1v) is 7.62. The molecule has 7 heteroatoms. The molecule has 0 atom stereocenters. The predicted octanol–water partition coefficient (Wildman–Crippen LogP) is 2.21. The van der Waals surface area contributed by atoms with Crippen molar-refractivity contribution in [1.29, 1.82) is 0 Å². The van der Waals surface area contributed by atoms with E-state index in [0.29, 0.717) is 5.75 Å². The first-order chi connectivity index (χ1) is 9.97. The van der Waals surface area contributed by atoms with E-state index in [4.69, 9.17) is 9.47 Å². The monoisotopic (exact) mass is 308 g/mol. The number of anilines is 1. The molecule has 0 aliphatic heterocycles. The van der Waals surface area contributed by atoms with Gasteiger partial charge in [-0.15, -0.1) is 0 Å². The molecule has 1 N–H and O–H groups in total. The minimum absolute atomic E-state index is 0.00518. The molecule has 0 unspecified atom stereocenters. The van der Waals surface area contributed by atoms with Gasteiger partial charge in [-0.1, -0.05) is 6.07 Å². The van der Waals surface area contributed by atoms with Crippen molar-refractivity contribution >= 4 is 15.8 Å². The van der Waals surface area contributed by atoms with Gasteiger partial charge in [0.15, 0.2) is 0 Å². The van der Waals surface area contributed by atoms with Gasteiger partial charge in [-0.05, 0) is 30.7 Å². The third kappa shape index (κ3) is 3.25. The number of ether oxygens (including phenoxy) is 2. The Morgan fingerprint density at radius 2 is 1.90 bits per heavy atom. The van der Waals surface area contributed by atoms with E-state index in [1.165, 1.54) is 26.5 Å². The molecular formula is C14H16N2O4S. The Labute approximate surface area is 123 Å². The lowest BCUT2D eigenvalue weighted by atomic mass is 10.3. The first kappa shape index (κ1) is 15.1. The maximum atomic E-state index is 12.5. The number of methoxy groups -OCH3 is 2. The minimum atomic E-state index is -3.83. The molecule has 0 aliphatic carbocycles. The summed E-state index contributed by atoms with van der Waals surface area (Å²) in [5.74, 6) is 0.938. The molecule has 0 aliphatic rings. The average Bonchev–Trinajstić information content (AvgIpc) is 2.48. The highest BCUT2D eigenvalue weighted by atomic mass is 32.2. The van der Waals surface area contributed by atoms with E-state index in [1.54, 1.807) is 31.2 Å². The van der Waals surface area contributed by atoms with Crippen molar-refractivity contribution in [2.75, 3.05) is 18.9 Å². The van der Waals surface area contributed by atoms with Gasteiger partial charge in [-0.25, -0.2) is 13.4 Å². The molecule has 0 saturated heterocycles. The Bertz CT molecular complexity index is 744. The van der Waals surface area contributed by atoms with E-state index in [9.17, 15) is 8.42 Å². The van der Waals surface area contributed by atoms with E-state index in [-0.39, 0.29) is 16.5 Å². The van der Waals surface area contributed by atoms with Gasteiger partial charge in [0, 0.05) is 12.3 Å². The van der Waals surface area contributed by atoms with E-state index in [2.05, 4.69) is 9.71 Å². The van der Waals surface area contributed by atoms with Crippen molar-refractivity contribution in [2.24, 2.45) is 0 Å². The predicted molar refractivity (Wildman–Crippen MR) is 79.3 cm³/mol. The number of sulfonamides is 1. The normalized spacial score (nSPS) is 11.0. The van der Waals surface area contributed by atoms with Crippen molar-refractivity contribution in [2.45, 2.75) is 11.8 Å². The number of pyridine rings is 1. The number of rotatable bonds is 5. The number of nitrogens with zero attached hydrogens (tertiary/aromatic N) is 1. The second kappa shape index (κ2) is 6.01. The van der Waals surface area contributed by atoms with Crippen LogP contribution in [0.2, 0.25) is 0 Å². The molecule has 21 heavy (non-hydrogen) atoms. The fourth-order valence-electron chi connectivity index (χ4n) is 1.77. The first-order valence-electron chi connectivity index (χ1n) is 6.14. The summed E-state index contributed by atoms with van der Waals surface area (Å²) in [6, 6.07) is 8.08. The van der Waals surface area contributed by atoms with Gasteiger partial charge in [0.2, 0.25) is 0 Å². The van der Waals surface area contributed by atoms with Gasteiger partial charge in [-0.2, -0.15) is 0 Å². The minimum Gasteiger partial charge on any atom is -0.497 e. The summed E-state index contributed by atoms with van der Waals surface area (Å²) < 4.78 is 37.6. The molecule has 0 bridgehead atoms. The van der Waals surface area contributed by atoms with Crippen LogP contribution in [0.15, 0.2) is 41.4 Å². The maximum absolute atomic E-state index is 12.5. The van der Waals surface area contributed by atoms with Crippen LogP contribution < -0.4 is 14.2 Å². The van der Waals surface area contributed by atoms with E-state index < -0.39 is 10.0 Å². The standard InChI is InChI=1S/C14H16N2O4S/c1-10-5-4-8-15-14(10)16-21(17,18)13-9-11(19-2)6-7-12(13)20-3/h4-9H,1-3H3,(H,15,16). The summed E-state index contributed by atoms with van der Waals surface area (Å²) in [5.41, 5.74) is 0.725. The summed E-state index contributed by atoms with van der Waals surface area (Å²) in [6.45, 7) is 1.77. The van der Waals surface area contributed by atoms with Crippen LogP contribution in [0.5, 0.6) is 11.5 Å². The molecule has 112 valence electrons. The molecule has 1 aromatic heterocycles. The topological polar surface area (TPSA) is 77.5 Å². The molecule has 0 saturated carbocycles. The molecule has 0 spiro atoms. The molecule has 1 aromatic carbocycles. The third-order valence-corrected chi connectivity index (χ3v) is 4.26. The number of nitrogens with one attached hydrogen (secondary N) is 1. The molecular weight excluding hydrogens is 292 g/mol. The summed E-state index contributed by atoms with van der Waals surface area (Å²) in [5, 5.41) is 0. The van der Waals surface area contributed by atoms with Crippen LogP contribution in [0.4, 0.5) is 5.82 Å². The number of hydrogen-bond donors (Lipinski definition) is 1. The Balaban J connectivity index is 2.46. The van der Waals surface area contributed by atoms with Gasteiger partial charge in [-0.3, -0.25) is 4.72 Å². The van der Waals surface area contributed by atoms with Gasteiger partial charge in [0.05, 0.1) is 14.2 Å². The van der Waals surface area contributed by atoms with Crippen LogP contribution in [-0.2, 0) is 10.0 Å². The lowest BCUT2D eigenvalue weighted by Crippen LogP contribution is -2.15. The molecule has 1 heterocycles. The highest BCUT2D eigenvalue weighted by Crippen LogP contribution is 2.29. The van der Waals surface area contributed by atoms with Crippen LogP contribution in [0, 0.1) is 6.92 Å². The van der Waals surface area contributed by atoms with E-state index in [1.807, 2.05) is 0 Å². The van der Waals surface area contributed by atoms with Crippen LogP contribution in [-0.4, -0.2) is 27.6 Å². The smallest absolute Gasteiger partial charge is 0.266 e. The summed E-state index contributed by atoms with van der Waals surface area (Å²) in [4.78, 5) is 4.02. The molecule has 0 amide bonds. The summed E-state index contributed by atoms with van der Waals surface area (Å²) in [6.07, 6.45) is 1.52. The van der Waals surface area contributed by atoms with Crippen LogP contribution in [0.3, 0.4) is 0 Å². The molecule has 2 rings (SSSR count). The molecule has 0 radical (unpaired) electrons. The van der Waals surface area contributed by atoms with Crippen molar-refractivity contribution < 1.29 is 17.9 Å². The fraction of sp³-hybridized carbons (Fsp3) is 0.214. The van der Waals surface area contributed by atoms with Crippen LogP contribution in [0.1, 0.15) is 5.56 Å². The van der Waals surface area contributed by atoms with Crippen molar-refractivity contribution in [3.05, 3.63) is 42.1 Å². The lowest BCUT2D eigenvalue weighted by molar-refractivity contribution is 0.392. The highest BCUT2D eigenvalue weighted by molar-refractivity contribution is 7.92. The highest BCUT2D eigenvalue weighted by Gasteiger charge is 2.21. The fourth-order valence-corrected chi connectivity index (χ4v) is 3.03. The quantitative estimate of drug-likeness (QED) is 0.916. The molecule has 6 nitrogen and oxygen atoms in total. The number of aromatic nitrogens is 1. The average molecular weight is 308 g/mol. The number of benzene rings is 1. The largest absolute Gasteiger partial charge is 0.497 e. The Morgan fingerprint density at radius 1 is 1.14 bits per heavy atom.